The summed E-state index contributed by atoms with van der Waals surface area (Å²) < 4.78 is 0. The van der Waals surface area contributed by atoms with E-state index < -0.39 is 0 Å². The van der Waals surface area contributed by atoms with Crippen LogP contribution in [0.4, 0.5) is 0 Å². The van der Waals surface area contributed by atoms with Gasteiger partial charge in [0.25, 0.3) is 0 Å². The Morgan fingerprint density at radius 2 is 1.80 bits per heavy atom. The molecule has 0 aromatic rings. The summed E-state index contributed by atoms with van der Waals surface area (Å²) in [5, 5.41) is 3.32. The molecule has 1 rings (SSSR count). The van der Waals surface area contributed by atoms with E-state index in [1.165, 1.54) is 19.4 Å². The molecule has 0 saturated carbocycles. The van der Waals surface area contributed by atoms with Crippen LogP contribution in [0.15, 0.2) is 0 Å². The molecule has 0 bridgehead atoms. The second-order valence-corrected chi connectivity index (χ2v) is 3.73. The van der Waals surface area contributed by atoms with Crippen LogP contribution in [0.2, 0.25) is 0 Å². The van der Waals surface area contributed by atoms with Crippen LogP contribution in [0.3, 0.4) is 0 Å². The molecule has 1 heteroatoms. The molecule has 0 spiro atoms. The maximum absolute atomic E-state index is 3.32. The highest BCUT2D eigenvalue weighted by Crippen LogP contribution is 2.01. The van der Waals surface area contributed by atoms with Gasteiger partial charge in [-0.1, -0.05) is 20.8 Å². The highest BCUT2D eigenvalue weighted by molar-refractivity contribution is 4.67. The highest BCUT2D eigenvalue weighted by Gasteiger charge is 2.05. The first kappa shape index (κ1) is 9.96. The quantitative estimate of drug-likeness (QED) is 0.549. The van der Waals surface area contributed by atoms with Gasteiger partial charge in [-0.05, 0) is 32.2 Å². The van der Waals surface area contributed by atoms with E-state index in [9.17, 15) is 0 Å². The SMILES string of the molecule is CC(C)C.CC1CCCN1. The number of hydrogen-bond acceptors (Lipinski definition) is 1. The summed E-state index contributed by atoms with van der Waals surface area (Å²) >= 11 is 0. The molecule has 1 unspecified atom stereocenters. The molecule has 1 atom stereocenters. The lowest BCUT2D eigenvalue weighted by Gasteiger charge is -1.95. The standard InChI is InChI=1S/C5H11N.C4H10/c1-5-3-2-4-6-5;1-4(2)3/h5-6H,2-4H2,1H3;4H,1-3H3. The predicted molar refractivity (Wildman–Crippen MR) is 47.2 cm³/mol. The first-order chi connectivity index (χ1) is 4.63. The topological polar surface area (TPSA) is 12.0 Å². The van der Waals surface area contributed by atoms with Crippen molar-refractivity contribution in [2.24, 2.45) is 5.92 Å². The lowest BCUT2D eigenvalue weighted by Crippen LogP contribution is -2.16. The molecule has 0 aliphatic carbocycles. The van der Waals surface area contributed by atoms with E-state index in [1.54, 1.807) is 0 Å². The average Bonchev–Trinajstić information content (AvgIpc) is 2.15. The fourth-order valence-corrected chi connectivity index (χ4v) is 0.859. The van der Waals surface area contributed by atoms with Crippen molar-refractivity contribution in [3.63, 3.8) is 0 Å². The van der Waals surface area contributed by atoms with Crippen molar-refractivity contribution in [3.05, 3.63) is 0 Å². The second-order valence-electron chi connectivity index (χ2n) is 3.73. The summed E-state index contributed by atoms with van der Waals surface area (Å²) in [5.41, 5.74) is 0. The number of nitrogens with one attached hydrogen (secondary N) is 1. The molecular formula is C9H21N. The smallest absolute Gasteiger partial charge is 0.00391 e. The van der Waals surface area contributed by atoms with Gasteiger partial charge < -0.3 is 5.32 Å². The summed E-state index contributed by atoms with van der Waals surface area (Å²) in [7, 11) is 0. The first-order valence-electron chi connectivity index (χ1n) is 4.36. The van der Waals surface area contributed by atoms with E-state index in [0.717, 1.165) is 12.0 Å². The van der Waals surface area contributed by atoms with Crippen molar-refractivity contribution in [2.75, 3.05) is 6.54 Å². The molecule has 0 amide bonds. The zero-order valence-electron chi connectivity index (χ0n) is 7.78. The van der Waals surface area contributed by atoms with Crippen LogP contribution in [0.5, 0.6) is 0 Å². The van der Waals surface area contributed by atoms with Gasteiger partial charge in [-0.2, -0.15) is 0 Å². The van der Waals surface area contributed by atoms with Gasteiger partial charge >= 0.3 is 0 Å². The number of rotatable bonds is 0. The molecule has 10 heavy (non-hydrogen) atoms. The zero-order valence-corrected chi connectivity index (χ0v) is 7.78. The predicted octanol–water partition coefficient (Wildman–Crippen LogP) is 2.42. The Balaban J connectivity index is 0.000000180. The Labute approximate surface area is 65.2 Å². The fourth-order valence-electron chi connectivity index (χ4n) is 0.859. The molecule has 1 heterocycles. The molecule has 1 aliphatic rings. The molecule has 1 nitrogen and oxygen atoms in total. The van der Waals surface area contributed by atoms with E-state index in [-0.39, 0.29) is 0 Å². The minimum absolute atomic E-state index is 0.796. The fraction of sp³-hybridized carbons (Fsp3) is 1.00. The first-order valence-corrected chi connectivity index (χ1v) is 4.36. The second kappa shape index (κ2) is 5.72. The molecule has 62 valence electrons. The van der Waals surface area contributed by atoms with E-state index in [0.29, 0.717) is 0 Å². The maximum Gasteiger partial charge on any atom is 0.00391 e. The van der Waals surface area contributed by atoms with Crippen LogP contribution < -0.4 is 5.32 Å². The number of hydrogen-bond donors (Lipinski definition) is 1. The van der Waals surface area contributed by atoms with Gasteiger partial charge in [0.05, 0.1) is 0 Å². The third-order valence-corrected chi connectivity index (χ3v) is 1.31. The van der Waals surface area contributed by atoms with Crippen LogP contribution >= 0.6 is 0 Å². The largest absolute Gasteiger partial charge is 0.314 e. The Morgan fingerprint density at radius 3 is 1.90 bits per heavy atom. The minimum atomic E-state index is 0.796. The Kier molecular flexibility index (Phi) is 5.70. The lowest BCUT2D eigenvalue weighted by molar-refractivity contribution is 0.664. The molecule has 0 aromatic heterocycles. The van der Waals surface area contributed by atoms with E-state index in [4.69, 9.17) is 0 Å². The Hall–Kier alpha value is -0.0400. The van der Waals surface area contributed by atoms with Crippen LogP contribution in [-0.2, 0) is 0 Å². The van der Waals surface area contributed by atoms with Crippen molar-refractivity contribution >= 4 is 0 Å². The monoisotopic (exact) mass is 143 g/mol. The normalized spacial score (nSPS) is 24.3. The molecule has 1 N–H and O–H groups in total. The molecular weight excluding hydrogens is 122 g/mol. The van der Waals surface area contributed by atoms with Crippen molar-refractivity contribution in [1.29, 1.82) is 0 Å². The van der Waals surface area contributed by atoms with Gasteiger partial charge in [0.2, 0.25) is 0 Å². The lowest BCUT2D eigenvalue weighted by atomic mass is 10.3. The van der Waals surface area contributed by atoms with Crippen LogP contribution in [0.1, 0.15) is 40.5 Å². The van der Waals surface area contributed by atoms with Crippen LogP contribution in [0.25, 0.3) is 0 Å². The summed E-state index contributed by atoms with van der Waals surface area (Å²) in [6.45, 7) is 9.97. The van der Waals surface area contributed by atoms with Gasteiger partial charge in [-0.25, -0.2) is 0 Å². The zero-order chi connectivity index (χ0) is 7.98. The third-order valence-electron chi connectivity index (χ3n) is 1.31. The summed E-state index contributed by atoms with van der Waals surface area (Å²) in [6, 6.07) is 0.796. The molecule has 1 saturated heterocycles. The average molecular weight is 143 g/mol. The molecule has 1 fully saturated rings. The van der Waals surface area contributed by atoms with Gasteiger partial charge in [0.15, 0.2) is 0 Å². The van der Waals surface area contributed by atoms with Gasteiger partial charge in [0, 0.05) is 6.04 Å². The summed E-state index contributed by atoms with van der Waals surface area (Å²) in [4.78, 5) is 0. The Morgan fingerprint density at radius 1 is 1.30 bits per heavy atom. The van der Waals surface area contributed by atoms with Crippen LogP contribution in [-0.4, -0.2) is 12.6 Å². The summed E-state index contributed by atoms with van der Waals surface area (Å²) in [5.74, 6) is 0.833. The van der Waals surface area contributed by atoms with Crippen molar-refractivity contribution in [1.82, 2.24) is 5.32 Å². The van der Waals surface area contributed by atoms with Crippen molar-refractivity contribution in [2.45, 2.75) is 46.6 Å². The van der Waals surface area contributed by atoms with Gasteiger partial charge in [-0.15, -0.1) is 0 Å². The minimum Gasteiger partial charge on any atom is -0.314 e. The maximum atomic E-state index is 3.32. The summed E-state index contributed by atoms with van der Waals surface area (Å²) in [6.07, 6.45) is 2.75. The van der Waals surface area contributed by atoms with Gasteiger partial charge in [0.1, 0.15) is 0 Å². The third kappa shape index (κ3) is 7.96. The molecule has 0 radical (unpaired) electrons. The van der Waals surface area contributed by atoms with Crippen LogP contribution in [0, 0.1) is 5.92 Å². The Bertz CT molecular complexity index is 60.4. The van der Waals surface area contributed by atoms with E-state index in [2.05, 4.69) is 33.0 Å². The van der Waals surface area contributed by atoms with Gasteiger partial charge in [-0.3, -0.25) is 0 Å². The highest BCUT2D eigenvalue weighted by atomic mass is 14.9. The van der Waals surface area contributed by atoms with Crippen molar-refractivity contribution < 1.29 is 0 Å². The van der Waals surface area contributed by atoms with Crippen molar-refractivity contribution in [3.8, 4) is 0 Å². The molecule has 0 aromatic carbocycles. The van der Waals surface area contributed by atoms with E-state index in [1.807, 2.05) is 0 Å². The van der Waals surface area contributed by atoms with E-state index >= 15 is 0 Å². The molecule has 1 aliphatic heterocycles.